The van der Waals surface area contributed by atoms with E-state index in [0.717, 1.165) is 36.3 Å². The molecule has 0 radical (unpaired) electrons. The molecule has 1 N–H and O–H groups in total. The predicted octanol–water partition coefficient (Wildman–Crippen LogP) is 4.56. The summed E-state index contributed by atoms with van der Waals surface area (Å²) in [6, 6.07) is 5.58. The minimum atomic E-state index is -0.203. The van der Waals surface area contributed by atoms with Crippen LogP contribution in [0.25, 0.3) is 0 Å². The summed E-state index contributed by atoms with van der Waals surface area (Å²) in [4.78, 5) is 11.2. The lowest BCUT2D eigenvalue weighted by Gasteiger charge is -2.34. The number of hydrogen-bond acceptors (Lipinski definition) is 5. The number of carbonyl (C=O) groups excluding carboxylic acids is 1. The van der Waals surface area contributed by atoms with E-state index in [1.54, 1.807) is 0 Å². The van der Waals surface area contributed by atoms with Crippen molar-refractivity contribution in [1.29, 1.82) is 0 Å². The summed E-state index contributed by atoms with van der Waals surface area (Å²) >= 11 is 6.42. The Morgan fingerprint density at radius 1 is 1.36 bits per heavy atom. The van der Waals surface area contributed by atoms with Gasteiger partial charge in [0.2, 0.25) is 5.91 Å². The third-order valence-corrected chi connectivity index (χ3v) is 5.61. The van der Waals surface area contributed by atoms with Crippen LogP contribution < -0.4 is 14.8 Å². The fourth-order valence-corrected chi connectivity index (χ4v) is 4.08. The number of amides is 1. The van der Waals surface area contributed by atoms with Crippen LogP contribution in [0, 0.1) is 0 Å². The fourth-order valence-electron chi connectivity index (χ4n) is 3.85. The zero-order chi connectivity index (χ0) is 20.1. The molecule has 2 aromatic rings. The molecule has 7 heteroatoms. The minimum Gasteiger partial charge on any atom is -0.489 e. The molecule has 1 aliphatic carbocycles. The Bertz CT molecular complexity index is 902. The van der Waals surface area contributed by atoms with Crippen LogP contribution in [-0.4, -0.2) is 22.8 Å². The molecule has 6 nitrogen and oxygen atoms in total. The third kappa shape index (κ3) is 3.83. The number of carbonyl (C=O) groups is 1. The number of halogens is 1. The maximum Gasteiger partial charge on any atom is 0.217 e. The number of nitrogens with one attached hydrogen (secondary N) is 1. The standard InChI is InChI=1S/C21H25ClN2O4/c1-11(23-12(2)25)18-8-17(24-28-18)13-5-15(6-13)26-20-9-19-14(7-16(20)22)10-21(3,4)27-19/h7-9,11,13,15H,5-6,10H2,1-4H3,(H,23,25)/t11-,13?,15?/m0/s1. The zero-order valence-electron chi connectivity index (χ0n) is 16.5. The summed E-state index contributed by atoms with van der Waals surface area (Å²) in [5, 5.41) is 7.58. The van der Waals surface area contributed by atoms with Gasteiger partial charge in [0.15, 0.2) is 5.76 Å². The molecule has 1 amide bonds. The first-order chi connectivity index (χ1) is 13.2. The smallest absolute Gasteiger partial charge is 0.217 e. The average molecular weight is 405 g/mol. The Balaban J connectivity index is 1.36. The predicted molar refractivity (Wildman–Crippen MR) is 105 cm³/mol. The van der Waals surface area contributed by atoms with Gasteiger partial charge in [-0.25, -0.2) is 0 Å². The molecule has 28 heavy (non-hydrogen) atoms. The van der Waals surface area contributed by atoms with E-state index in [-0.39, 0.29) is 29.6 Å². The number of ether oxygens (including phenoxy) is 2. The number of rotatable bonds is 5. The lowest BCUT2D eigenvalue weighted by molar-refractivity contribution is -0.119. The highest BCUT2D eigenvalue weighted by Gasteiger charge is 2.36. The van der Waals surface area contributed by atoms with E-state index in [2.05, 4.69) is 24.3 Å². The van der Waals surface area contributed by atoms with Crippen molar-refractivity contribution in [2.75, 3.05) is 0 Å². The summed E-state index contributed by atoms with van der Waals surface area (Å²) < 4.78 is 17.5. The van der Waals surface area contributed by atoms with Crippen LogP contribution >= 0.6 is 11.6 Å². The van der Waals surface area contributed by atoms with Crippen LogP contribution in [0.1, 0.15) is 69.5 Å². The van der Waals surface area contributed by atoms with Gasteiger partial charge in [-0.3, -0.25) is 4.79 Å². The molecule has 1 fully saturated rings. The highest BCUT2D eigenvalue weighted by Crippen LogP contribution is 2.44. The van der Waals surface area contributed by atoms with Crippen molar-refractivity contribution >= 4 is 17.5 Å². The molecule has 0 saturated heterocycles. The molecule has 1 atom stereocenters. The molecule has 2 aliphatic rings. The fraction of sp³-hybridized carbons (Fsp3) is 0.524. The maximum atomic E-state index is 11.2. The minimum absolute atomic E-state index is 0.0860. The first kappa shape index (κ1) is 19.1. The SMILES string of the molecule is CC(=O)N[C@@H](C)c1cc(C2CC(Oc3cc4c(cc3Cl)CC(C)(C)O4)C2)no1. The van der Waals surface area contributed by atoms with E-state index < -0.39 is 0 Å². The Hall–Kier alpha value is -2.21. The molecular formula is C21H25ClN2O4. The molecule has 150 valence electrons. The Morgan fingerprint density at radius 3 is 2.82 bits per heavy atom. The monoisotopic (exact) mass is 404 g/mol. The quantitative estimate of drug-likeness (QED) is 0.790. The lowest BCUT2D eigenvalue weighted by atomic mass is 9.80. The van der Waals surface area contributed by atoms with Crippen LogP contribution in [0.15, 0.2) is 22.7 Å². The van der Waals surface area contributed by atoms with Crippen molar-refractivity contribution in [1.82, 2.24) is 10.5 Å². The van der Waals surface area contributed by atoms with Crippen molar-refractivity contribution in [2.45, 2.75) is 70.6 Å². The van der Waals surface area contributed by atoms with Gasteiger partial charge in [-0.1, -0.05) is 16.8 Å². The first-order valence-corrected chi connectivity index (χ1v) is 9.99. The van der Waals surface area contributed by atoms with Crippen LogP contribution in [0.3, 0.4) is 0 Å². The number of fused-ring (bicyclic) bond motifs is 1. The number of aromatic nitrogens is 1. The van der Waals surface area contributed by atoms with E-state index in [1.807, 2.05) is 25.1 Å². The summed E-state index contributed by atoms with van der Waals surface area (Å²) in [7, 11) is 0. The van der Waals surface area contributed by atoms with Crippen LogP contribution in [0.5, 0.6) is 11.5 Å². The van der Waals surface area contributed by atoms with E-state index in [0.29, 0.717) is 16.5 Å². The summed E-state index contributed by atoms with van der Waals surface area (Å²) in [6.07, 6.45) is 2.63. The molecule has 1 aromatic carbocycles. The average Bonchev–Trinajstić information content (AvgIpc) is 3.12. The molecule has 4 rings (SSSR count). The second kappa shape index (κ2) is 6.99. The molecular weight excluding hydrogens is 380 g/mol. The normalized spacial score (nSPS) is 23.3. The summed E-state index contributed by atoms with van der Waals surface area (Å²) in [6.45, 7) is 7.49. The van der Waals surface area contributed by atoms with Crippen molar-refractivity contribution in [3.8, 4) is 11.5 Å². The molecule has 0 spiro atoms. The summed E-state index contributed by atoms with van der Waals surface area (Å²) in [5.41, 5.74) is 1.82. The van der Waals surface area contributed by atoms with Crippen LogP contribution in [0.4, 0.5) is 0 Å². The van der Waals surface area contributed by atoms with Gasteiger partial charge >= 0.3 is 0 Å². The van der Waals surface area contributed by atoms with Crippen LogP contribution in [-0.2, 0) is 11.2 Å². The van der Waals surface area contributed by atoms with Crippen molar-refractivity contribution in [3.63, 3.8) is 0 Å². The van der Waals surface area contributed by atoms with Crippen molar-refractivity contribution in [3.05, 3.63) is 40.2 Å². The van der Waals surface area contributed by atoms with Gasteiger partial charge in [0, 0.05) is 31.4 Å². The van der Waals surface area contributed by atoms with E-state index >= 15 is 0 Å². The van der Waals surface area contributed by atoms with Gasteiger partial charge in [-0.05, 0) is 45.2 Å². The van der Waals surface area contributed by atoms with Gasteiger partial charge in [0.05, 0.1) is 16.8 Å². The largest absolute Gasteiger partial charge is 0.489 e. The molecule has 1 aliphatic heterocycles. The Morgan fingerprint density at radius 2 is 2.11 bits per heavy atom. The van der Waals surface area contributed by atoms with Gasteiger partial charge < -0.3 is 19.3 Å². The van der Waals surface area contributed by atoms with Gasteiger partial charge in [0.1, 0.15) is 23.2 Å². The summed E-state index contributed by atoms with van der Waals surface area (Å²) in [5.74, 6) is 2.38. The highest BCUT2D eigenvalue weighted by molar-refractivity contribution is 6.32. The molecule has 0 unspecified atom stereocenters. The number of benzene rings is 1. The molecule has 2 heterocycles. The zero-order valence-corrected chi connectivity index (χ0v) is 17.3. The third-order valence-electron chi connectivity index (χ3n) is 5.32. The molecule has 0 bridgehead atoms. The second-order valence-corrected chi connectivity index (χ2v) is 8.82. The topological polar surface area (TPSA) is 73.6 Å². The van der Waals surface area contributed by atoms with E-state index in [4.69, 9.17) is 25.6 Å². The van der Waals surface area contributed by atoms with E-state index in [1.165, 1.54) is 6.92 Å². The number of hydrogen-bond donors (Lipinski definition) is 1. The molecule has 1 aromatic heterocycles. The Kier molecular flexibility index (Phi) is 4.78. The van der Waals surface area contributed by atoms with Gasteiger partial charge in [-0.15, -0.1) is 0 Å². The molecule has 1 saturated carbocycles. The maximum absolute atomic E-state index is 11.2. The number of nitrogens with zero attached hydrogens (tertiary/aromatic N) is 1. The van der Waals surface area contributed by atoms with E-state index in [9.17, 15) is 4.79 Å². The first-order valence-electron chi connectivity index (χ1n) is 9.62. The van der Waals surface area contributed by atoms with Crippen molar-refractivity contribution in [2.24, 2.45) is 0 Å². The Labute approximate surface area is 169 Å². The highest BCUT2D eigenvalue weighted by atomic mass is 35.5. The lowest BCUT2D eigenvalue weighted by Crippen LogP contribution is -2.32. The van der Waals surface area contributed by atoms with Crippen LogP contribution in [0.2, 0.25) is 5.02 Å². The van der Waals surface area contributed by atoms with Crippen molar-refractivity contribution < 1.29 is 18.8 Å². The van der Waals surface area contributed by atoms with Gasteiger partial charge in [-0.2, -0.15) is 0 Å². The van der Waals surface area contributed by atoms with Gasteiger partial charge in [0.25, 0.3) is 0 Å². The second-order valence-electron chi connectivity index (χ2n) is 8.41.